The molecule has 1 fully saturated rings. The first-order valence-corrected chi connectivity index (χ1v) is 12.4. The Balaban J connectivity index is 1.61. The second-order valence-electron chi connectivity index (χ2n) is 8.93. The van der Waals surface area contributed by atoms with Gasteiger partial charge in [-0.3, -0.25) is 14.5 Å². The Bertz CT molecular complexity index is 1260. The van der Waals surface area contributed by atoms with Gasteiger partial charge in [0.2, 0.25) is 5.91 Å². The van der Waals surface area contributed by atoms with Crippen LogP contribution in [0, 0.1) is 5.82 Å². The highest BCUT2D eigenvalue weighted by Crippen LogP contribution is 2.37. The van der Waals surface area contributed by atoms with E-state index < -0.39 is 17.8 Å². The largest absolute Gasteiger partial charge is 0.486 e. The summed E-state index contributed by atoms with van der Waals surface area (Å²) in [5, 5.41) is 3.41. The minimum absolute atomic E-state index is 0.0259. The van der Waals surface area contributed by atoms with Crippen molar-refractivity contribution in [2.24, 2.45) is 0 Å². The number of halogens is 2. The lowest BCUT2D eigenvalue weighted by molar-refractivity contribution is -0.123. The quantitative estimate of drug-likeness (QED) is 0.464. The van der Waals surface area contributed by atoms with Crippen LogP contribution in [0.1, 0.15) is 47.6 Å². The number of rotatable bonds is 6. The molecular formula is C28H26ClFN2O4. The molecule has 1 N–H and O–H groups in total. The third kappa shape index (κ3) is 5.02. The Morgan fingerprint density at radius 1 is 0.944 bits per heavy atom. The maximum Gasteiger partial charge on any atom is 0.259 e. The zero-order valence-corrected chi connectivity index (χ0v) is 20.3. The molecule has 1 aliphatic carbocycles. The number of nitrogens with zero attached hydrogens (tertiary/aromatic N) is 1. The first-order chi connectivity index (χ1) is 17.5. The van der Waals surface area contributed by atoms with E-state index >= 15 is 0 Å². The van der Waals surface area contributed by atoms with Gasteiger partial charge in [-0.25, -0.2) is 4.39 Å². The van der Waals surface area contributed by atoms with Gasteiger partial charge in [-0.05, 0) is 60.9 Å². The molecule has 6 nitrogen and oxygen atoms in total. The van der Waals surface area contributed by atoms with E-state index in [-0.39, 0.29) is 11.9 Å². The van der Waals surface area contributed by atoms with Crippen molar-refractivity contribution in [2.75, 3.05) is 18.1 Å². The van der Waals surface area contributed by atoms with E-state index in [1.165, 1.54) is 29.2 Å². The number of para-hydroxylation sites is 1. The van der Waals surface area contributed by atoms with Gasteiger partial charge in [-0.1, -0.05) is 48.7 Å². The smallest absolute Gasteiger partial charge is 0.259 e. The van der Waals surface area contributed by atoms with Gasteiger partial charge in [-0.15, -0.1) is 0 Å². The summed E-state index contributed by atoms with van der Waals surface area (Å²) in [6.45, 7) is 0.806. The Labute approximate surface area is 214 Å². The van der Waals surface area contributed by atoms with Crippen LogP contribution < -0.4 is 19.7 Å². The van der Waals surface area contributed by atoms with Crippen LogP contribution in [0.2, 0.25) is 5.02 Å². The highest BCUT2D eigenvalue weighted by atomic mass is 35.5. The molecule has 0 aromatic heterocycles. The summed E-state index contributed by atoms with van der Waals surface area (Å²) in [6, 6.07) is 16.3. The number of ether oxygens (including phenoxy) is 2. The zero-order chi connectivity index (χ0) is 25.1. The number of fused-ring (bicyclic) bond motifs is 1. The molecule has 0 bridgehead atoms. The lowest BCUT2D eigenvalue weighted by atomic mass is 10.0. The number of carbonyl (C=O) groups excluding carboxylic acids is 2. The third-order valence-corrected chi connectivity index (χ3v) is 6.83. The second-order valence-corrected chi connectivity index (χ2v) is 9.34. The first kappa shape index (κ1) is 24.1. The summed E-state index contributed by atoms with van der Waals surface area (Å²) in [4.78, 5) is 29.3. The Morgan fingerprint density at radius 2 is 1.64 bits per heavy atom. The van der Waals surface area contributed by atoms with Gasteiger partial charge in [0.25, 0.3) is 5.91 Å². The molecule has 0 saturated heterocycles. The molecular weight excluding hydrogens is 483 g/mol. The number of amides is 2. The summed E-state index contributed by atoms with van der Waals surface area (Å²) in [5.41, 5.74) is 1.15. The molecule has 5 rings (SSSR count). The Morgan fingerprint density at radius 3 is 2.36 bits per heavy atom. The fraction of sp³-hybridized carbons (Fsp3) is 0.286. The predicted octanol–water partition coefficient (Wildman–Crippen LogP) is 5.70. The molecule has 1 heterocycles. The Hall–Kier alpha value is -3.58. The van der Waals surface area contributed by atoms with Crippen LogP contribution in [-0.2, 0) is 4.79 Å². The van der Waals surface area contributed by atoms with E-state index in [1.54, 1.807) is 42.5 Å². The maximum absolute atomic E-state index is 14.1. The fourth-order valence-electron chi connectivity index (χ4n) is 4.74. The molecule has 8 heteroatoms. The van der Waals surface area contributed by atoms with E-state index in [9.17, 15) is 14.0 Å². The van der Waals surface area contributed by atoms with Crippen LogP contribution in [0.4, 0.5) is 10.1 Å². The van der Waals surface area contributed by atoms with Gasteiger partial charge < -0.3 is 14.8 Å². The van der Waals surface area contributed by atoms with Crippen molar-refractivity contribution in [1.29, 1.82) is 0 Å². The van der Waals surface area contributed by atoms with Crippen LogP contribution in [-0.4, -0.2) is 31.1 Å². The van der Waals surface area contributed by atoms with Crippen LogP contribution >= 0.6 is 11.6 Å². The molecule has 0 unspecified atom stereocenters. The topological polar surface area (TPSA) is 67.9 Å². The van der Waals surface area contributed by atoms with E-state index in [0.29, 0.717) is 46.5 Å². The molecule has 36 heavy (non-hydrogen) atoms. The third-order valence-electron chi connectivity index (χ3n) is 6.51. The fourth-order valence-corrected chi connectivity index (χ4v) is 4.97. The SMILES string of the molecule is O=C(NC1CCCC1)[C@H](c1ccc(F)cc1)N(C(=O)c1ccc2c(c1)OCCO2)c1ccccc1Cl. The summed E-state index contributed by atoms with van der Waals surface area (Å²) < 4.78 is 25.1. The predicted molar refractivity (Wildman–Crippen MR) is 135 cm³/mol. The van der Waals surface area contributed by atoms with Crippen LogP contribution in [0.25, 0.3) is 0 Å². The molecule has 1 atom stereocenters. The number of anilines is 1. The average molecular weight is 509 g/mol. The molecule has 186 valence electrons. The molecule has 1 saturated carbocycles. The van der Waals surface area contributed by atoms with Crippen LogP contribution in [0.5, 0.6) is 11.5 Å². The molecule has 3 aromatic carbocycles. The van der Waals surface area contributed by atoms with Crippen molar-refractivity contribution < 1.29 is 23.5 Å². The van der Waals surface area contributed by atoms with E-state index in [4.69, 9.17) is 21.1 Å². The summed E-state index contributed by atoms with van der Waals surface area (Å²) >= 11 is 6.57. The number of hydrogen-bond acceptors (Lipinski definition) is 4. The van der Waals surface area contributed by atoms with Crippen LogP contribution in [0.15, 0.2) is 66.7 Å². The molecule has 2 aliphatic rings. The molecule has 0 spiro atoms. The van der Waals surface area contributed by atoms with Crippen molar-refractivity contribution in [3.8, 4) is 11.5 Å². The monoisotopic (exact) mass is 508 g/mol. The van der Waals surface area contributed by atoms with Gasteiger partial charge in [-0.2, -0.15) is 0 Å². The second kappa shape index (κ2) is 10.6. The normalized spacial score (nSPS) is 15.8. The van der Waals surface area contributed by atoms with Crippen molar-refractivity contribution in [2.45, 2.75) is 37.8 Å². The summed E-state index contributed by atoms with van der Waals surface area (Å²) in [7, 11) is 0. The summed E-state index contributed by atoms with van der Waals surface area (Å²) in [5.74, 6) is -0.220. The van der Waals surface area contributed by atoms with Gasteiger partial charge in [0.05, 0.1) is 10.7 Å². The van der Waals surface area contributed by atoms with Crippen molar-refractivity contribution >= 4 is 29.1 Å². The van der Waals surface area contributed by atoms with E-state index in [2.05, 4.69) is 5.32 Å². The van der Waals surface area contributed by atoms with E-state index in [1.807, 2.05) is 0 Å². The minimum atomic E-state index is -1.08. The number of carbonyl (C=O) groups is 2. The molecule has 3 aromatic rings. The minimum Gasteiger partial charge on any atom is -0.486 e. The maximum atomic E-state index is 14.1. The van der Waals surface area contributed by atoms with Gasteiger partial charge >= 0.3 is 0 Å². The van der Waals surface area contributed by atoms with Gasteiger partial charge in [0.15, 0.2) is 11.5 Å². The summed E-state index contributed by atoms with van der Waals surface area (Å²) in [6.07, 6.45) is 3.83. The first-order valence-electron chi connectivity index (χ1n) is 12.0. The number of nitrogens with one attached hydrogen (secondary N) is 1. The standard InChI is InChI=1S/C28H26ClFN2O4/c29-22-7-3-4-8-23(22)32(28(34)19-11-14-24-25(17-19)36-16-15-35-24)26(18-9-12-20(30)13-10-18)27(33)31-21-5-1-2-6-21/h3-4,7-14,17,21,26H,1-2,5-6,15-16H2,(H,31,33)/t26-/m0/s1. The number of hydrogen-bond donors (Lipinski definition) is 1. The molecule has 1 aliphatic heterocycles. The van der Waals surface area contributed by atoms with Crippen LogP contribution in [0.3, 0.4) is 0 Å². The lowest BCUT2D eigenvalue weighted by Crippen LogP contribution is -2.46. The van der Waals surface area contributed by atoms with Crippen molar-refractivity contribution in [1.82, 2.24) is 5.32 Å². The molecule has 0 radical (unpaired) electrons. The highest BCUT2D eigenvalue weighted by molar-refractivity contribution is 6.34. The molecule has 2 amide bonds. The lowest BCUT2D eigenvalue weighted by Gasteiger charge is -2.33. The highest BCUT2D eigenvalue weighted by Gasteiger charge is 2.36. The van der Waals surface area contributed by atoms with Gasteiger partial charge in [0.1, 0.15) is 25.1 Å². The Kier molecular flexibility index (Phi) is 7.09. The average Bonchev–Trinajstić information content (AvgIpc) is 3.41. The van der Waals surface area contributed by atoms with Crippen molar-refractivity contribution in [3.05, 3.63) is 88.7 Å². The van der Waals surface area contributed by atoms with Gasteiger partial charge in [0, 0.05) is 11.6 Å². The number of benzene rings is 3. The van der Waals surface area contributed by atoms with Crippen molar-refractivity contribution in [3.63, 3.8) is 0 Å². The van der Waals surface area contributed by atoms with E-state index in [0.717, 1.165) is 25.7 Å². The zero-order valence-electron chi connectivity index (χ0n) is 19.6.